The normalized spacial score (nSPS) is 11.7. The van der Waals surface area contributed by atoms with Crippen molar-refractivity contribution < 1.29 is 18.4 Å². The lowest BCUT2D eigenvalue weighted by atomic mass is 10.1. The summed E-state index contributed by atoms with van der Waals surface area (Å²) >= 11 is 5.80. The number of halogens is 3. The average molecular weight is 367 g/mol. The van der Waals surface area contributed by atoms with Crippen molar-refractivity contribution in [2.45, 2.75) is 19.4 Å². The zero-order valence-corrected chi connectivity index (χ0v) is 14.2. The third kappa shape index (κ3) is 5.53. The molecule has 0 spiro atoms. The zero-order valence-electron chi connectivity index (χ0n) is 13.5. The van der Waals surface area contributed by atoms with Crippen LogP contribution in [0.3, 0.4) is 0 Å². The van der Waals surface area contributed by atoms with Crippen LogP contribution in [0.5, 0.6) is 0 Å². The summed E-state index contributed by atoms with van der Waals surface area (Å²) in [6.07, 6.45) is 0.0458. The van der Waals surface area contributed by atoms with Crippen molar-refractivity contribution in [3.05, 3.63) is 70.2 Å². The van der Waals surface area contributed by atoms with E-state index in [9.17, 15) is 18.4 Å². The minimum Gasteiger partial charge on any atom is -0.351 e. The monoisotopic (exact) mass is 366 g/mol. The second-order valence-electron chi connectivity index (χ2n) is 5.47. The molecule has 0 aliphatic rings. The molecule has 2 rings (SSSR count). The van der Waals surface area contributed by atoms with Crippen molar-refractivity contribution in [1.82, 2.24) is 10.6 Å². The molecule has 2 N–H and O–H groups in total. The van der Waals surface area contributed by atoms with Gasteiger partial charge in [-0.15, -0.1) is 0 Å². The van der Waals surface area contributed by atoms with Gasteiger partial charge in [0.1, 0.15) is 11.6 Å². The molecule has 0 aliphatic heterocycles. The third-order valence-electron chi connectivity index (χ3n) is 3.54. The van der Waals surface area contributed by atoms with Crippen LogP contribution in [-0.2, 0) is 4.79 Å². The van der Waals surface area contributed by atoms with Gasteiger partial charge >= 0.3 is 0 Å². The first-order valence-electron chi connectivity index (χ1n) is 7.65. The Morgan fingerprint density at radius 1 is 1.12 bits per heavy atom. The predicted molar refractivity (Wildman–Crippen MR) is 91.3 cm³/mol. The summed E-state index contributed by atoms with van der Waals surface area (Å²) in [5.41, 5.74) is 0.784. The molecule has 0 unspecified atom stereocenters. The van der Waals surface area contributed by atoms with Gasteiger partial charge in [-0.2, -0.15) is 0 Å². The highest BCUT2D eigenvalue weighted by atomic mass is 35.5. The lowest BCUT2D eigenvalue weighted by Crippen LogP contribution is -2.32. The molecule has 25 heavy (non-hydrogen) atoms. The summed E-state index contributed by atoms with van der Waals surface area (Å²) in [5.74, 6) is -1.69. The van der Waals surface area contributed by atoms with Gasteiger partial charge in [0, 0.05) is 13.0 Å². The predicted octanol–water partition coefficient (Wildman–Crippen LogP) is 3.62. The Balaban J connectivity index is 1.81. The van der Waals surface area contributed by atoms with Crippen LogP contribution >= 0.6 is 11.6 Å². The Morgan fingerprint density at radius 3 is 2.52 bits per heavy atom. The van der Waals surface area contributed by atoms with Crippen LogP contribution < -0.4 is 10.6 Å². The Kier molecular flexibility index (Phi) is 6.47. The van der Waals surface area contributed by atoms with Crippen LogP contribution in [0.15, 0.2) is 42.5 Å². The fourth-order valence-corrected chi connectivity index (χ4v) is 2.48. The van der Waals surface area contributed by atoms with Crippen molar-refractivity contribution in [1.29, 1.82) is 0 Å². The van der Waals surface area contributed by atoms with Gasteiger partial charge in [0.25, 0.3) is 5.91 Å². The van der Waals surface area contributed by atoms with Crippen molar-refractivity contribution in [2.75, 3.05) is 6.54 Å². The molecule has 2 aromatic rings. The van der Waals surface area contributed by atoms with Gasteiger partial charge in [-0.05, 0) is 42.8 Å². The number of hydrogen-bond donors (Lipinski definition) is 2. The van der Waals surface area contributed by atoms with E-state index in [0.717, 1.165) is 12.1 Å². The maximum Gasteiger partial charge on any atom is 0.252 e. The number of benzene rings is 2. The van der Waals surface area contributed by atoms with E-state index >= 15 is 0 Å². The summed E-state index contributed by atoms with van der Waals surface area (Å²) in [6.45, 7) is 1.83. The van der Waals surface area contributed by atoms with Gasteiger partial charge in [-0.1, -0.05) is 23.7 Å². The number of hydrogen-bond acceptors (Lipinski definition) is 2. The van der Waals surface area contributed by atoms with E-state index in [0.29, 0.717) is 5.56 Å². The van der Waals surface area contributed by atoms with Gasteiger partial charge < -0.3 is 10.6 Å². The molecular weight excluding hydrogens is 350 g/mol. The molecule has 0 aromatic heterocycles. The summed E-state index contributed by atoms with van der Waals surface area (Å²) in [5, 5.41) is 5.27. The first-order chi connectivity index (χ1) is 11.9. The van der Waals surface area contributed by atoms with E-state index in [1.807, 2.05) is 0 Å². The number of amides is 2. The van der Waals surface area contributed by atoms with E-state index in [2.05, 4.69) is 10.6 Å². The fourth-order valence-electron chi connectivity index (χ4n) is 2.23. The standard InChI is InChI=1S/C18H17ClF2N2O2/c1-11(12-3-2-4-13(20)9-12)23-17(24)7-8-22-18(25)15-6-5-14(21)10-16(15)19/h2-6,9-11H,7-8H2,1H3,(H,22,25)(H,23,24)/t11-/m0/s1. The summed E-state index contributed by atoms with van der Waals surface area (Å²) in [7, 11) is 0. The Bertz CT molecular complexity index is 783. The van der Waals surface area contributed by atoms with E-state index in [1.165, 1.54) is 18.2 Å². The minimum absolute atomic E-state index is 0.00155. The summed E-state index contributed by atoms with van der Waals surface area (Å²) < 4.78 is 26.1. The van der Waals surface area contributed by atoms with Crippen LogP contribution in [-0.4, -0.2) is 18.4 Å². The summed E-state index contributed by atoms with van der Waals surface area (Å²) in [4.78, 5) is 23.9. The SMILES string of the molecule is C[C@H](NC(=O)CCNC(=O)c1ccc(F)cc1Cl)c1cccc(F)c1. The second kappa shape index (κ2) is 8.58. The topological polar surface area (TPSA) is 58.2 Å². The highest BCUT2D eigenvalue weighted by Gasteiger charge is 2.13. The molecule has 1 atom stereocenters. The maximum atomic E-state index is 13.2. The van der Waals surface area contributed by atoms with E-state index in [4.69, 9.17) is 11.6 Å². The molecule has 132 valence electrons. The molecule has 0 heterocycles. The Labute approximate surface area is 149 Å². The van der Waals surface area contributed by atoms with Crippen molar-refractivity contribution >= 4 is 23.4 Å². The van der Waals surface area contributed by atoms with Crippen LogP contribution in [0.1, 0.15) is 35.3 Å². The maximum absolute atomic E-state index is 13.2. The zero-order chi connectivity index (χ0) is 18.4. The fraction of sp³-hybridized carbons (Fsp3) is 0.222. The largest absolute Gasteiger partial charge is 0.351 e. The number of carbonyl (C=O) groups is 2. The highest BCUT2D eigenvalue weighted by Crippen LogP contribution is 2.17. The van der Waals surface area contributed by atoms with Gasteiger partial charge in [-0.25, -0.2) is 8.78 Å². The van der Waals surface area contributed by atoms with Gasteiger partial charge in [-0.3, -0.25) is 9.59 Å². The van der Waals surface area contributed by atoms with Crippen molar-refractivity contribution in [3.8, 4) is 0 Å². The molecule has 2 amide bonds. The second-order valence-corrected chi connectivity index (χ2v) is 5.88. The number of carbonyl (C=O) groups excluding carboxylic acids is 2. The average Bonchev–Trinajstić information content (AvgIpc) is 2.54. The quantitative estimate of drug-likeness (QED) is 0.820. The van der Waals surface area contributed by atoms with Gasteiger partial charge in [0.15, 0.2) is 0 Å². The lowest BCUT2D eigenvalue weighted by Gasteiger charge is -2.14. The minimum atomic E-state index is -0.535. The van der Waals surface area contributed by atoms with Gasteiger partial charge in [0.05, 0.1) is 16.6 Å². The van der Waals surface area contributed by atoms with Crippen LogP contribution in [0.4, 0.5) is 8.78 Å². The molecule has 0 bridgehead atoms. The molecule has 0 saturated carbocycles. The Hall–Kier alpha value is -2.47. The van der Waals surface area contributed by atoms with E-state index in [1.54, 1.807) is 19.1 Å². The smallest absolute Gasteiger partial charge is 0.252 e. The molecule has 0 saturated heterocycles. The number of nitrogens with one attached hydrogen (secondary N) is 2. The van der Waals surface area contributed by atoms with E-state index in [-0.39, 0.29) is 41.3 Å². The molecule has 4 nitrogen and oxygen atoms in total. The van der Waals surface area contributed by atoms with Gasteiger partial charge in [0.2, 0.25) is 5.91 Å². The third-order valence-corrected chi connectivity index (χ3v) is 3.85. The first kappa shape index (κ1) is 18.9. The molecule has 0 fully saturated rings. The summed E-state index contributed by atoms with van der Waals surface area (Å²) in [6, 6.07) is 9.06. The first-order valence-corrected chi connectivity index (χ1v) is 8.02. The molecular formula is C18H17ClF2N2O2. The van der Waals surface area contributed by atoms with Crippen LogP contribution in [0.25, 0.3) is 0 Å². The van der Waals surface area contributed by atoms with E-state index < -0.39 is 11.7 Å². The Morgan fingerprint density at radius 2 is 1.84 bits per heavy atom. The number of rotatable bonds is 6. The van der Waals surface area contributed by atoms with Crippen LogP contribution in [0, 0.1) is 11.6 Å². The van der Waals surface area contributed by atoms with Crippen molar-refractivity contribution in [2.24, 2.45) is 0 Å². The molecule has 2 aromatic carbocycles. The van der Waals surface area contributed by atoms with Crippen molar-refractivity contribution in [3.63, 3.8) is 0 Å². The highest BCUT2D eigenvalue weighted by molar-refractivity contribution is 6.33. The molecule has 0 aliphatic carbocycles. The van der Waals surface area contributed by atoms with Crippen LogP contribution in [0.2, 0.25) is 5.02 Å². The molecule has 0 radical (unpaired) electrons. The molecule has 7 heteroatoms. The lowest BCUT2D eigenvalue weighted by molar-refractivity contribution is -0.121.